The van der Waals surface area contributed by atoms with Crippen molar-refractivity contribution in [3.8, 4) is 6.07 Å². The Morgan fingerprint density at radius 2 is 1.88 bits per heavy atom. The van der Waals surface area contributed by atoms with Gasteiger partial charge in [0.2, 0.25) is 10.0 Å². The average Bonchev–Trinajstić information content (AvgIpc) is 2.09. The number of hydrogen-bond donors (Lipinski definition) is 0. The molecule has 0 radical (unpaired) electrons. The van der Waals surface area contributed by atoms with Crippen molar-refractivity contribution in [3.63, 3.8) is 0 Å². The molecule has 0 aromatic heterocycles. The average molecular weight is 246 g/mol. The van der Waals surface area contributed by atoms with Crippen LogP contribution in [0, 0.1) is 22.7 Å². The summed E-state index contributed by atoms with van der Waals surface area (Å²) in [5.74, 6) is -0.152. The molecule has 0 heterocycles. The summed E-state index contributed by atoms with van der Waals surface area (Å²) in [6.45, 7) is 9.92. The Morgan fingerprint density at radius 1 is 1.38 bits per heavy atom. The number of nitrogens with zero attached hydrogens (tertiary/aromatic N) is 2. The lowest BCUT2D eigenvalue weighted by Crippen LogP contribution is -2.39. The maximum Gasteiger partial charge on any atom is 0.214 e. The third-order valence-corrected chi connectivity index (χ3v) is 4.48. The standard InChI is InChI=1S/C11H22N2O2S/c1-6-13(8-10(2)7-12)16(14,15)9-11(3,4)5/h10H,6,8-9H2,1-5H3. The summed E-state index contributed by atoms with van der Waals surface area (Å²) in [7, 11) is -3.25. The van der Waals surface area contributed by atoms with E-state index in [2.05, 4.69) is 6.07 Å². The van der Waals surface area contributed by atoms with Crippen LogP contribution in [0.3, 0.4) is 0 Å². The van der Waals surface area contributed by atoms with Crippen molar-refractivity contribution in [2.75, 3.05) is 18.8 Å². The van der Waals surface area contributed by atoms with Gasteiger partial charge in [-0.3, -0.25) is 0 Å². The predicted molar refractivity (Wildman–Crippen MR) is 65.3 cm³/mol. The van der Waals surface area contributed by atoms with Crippen LogP contribution in [0.1, 0.15) is 34.6 Å². The zero-order chi connectivity index (χ0) is 13.0. The molecule has 0 N–H and O–H groups in total. The van der Waals surface area contributed by atoms with Gasteiger partial charge in [-0.1, -0.05) is 27.7 Å². The lowest BCUT2D eigenvalue weighted by atomic mass is 10.0. The Morgan fingerprint density at radius 3 is 2.19 bits per heavy atom. The molecule has 0 aromatic carbocycles. The van der Waals surface area contributed by atoms with E-state index in [9.17, 15) is 8.42 Å². The van der Waals surface area contributed by atoms with Gasteiger partial charge in [0, 0.05) is 13.1 Å². The van der Waals surface area contributed by atoms with Crippen LogP contribution in [0.2, 0.25) is 0 Å². The fourth-order valence-electron chi connectivity index (χ4n) is 1.42. The van der Waals surface area contributed by atoms with Crippen LogP contribution in [0.4, 0.5) is 0 Å². The maximum atomic E-state index is 12.0. The highest BCUT2D eigenvalue weighted by Gasteiger charge is 2.27. The Balaban J connectivity index is 4.77. The van der Waals surface area contributed by atoms with Crippen LogP contribution in [0.15, 0.2) is 0 Å². The van der Waals surface area contributed by atoms with Gasteiger partial charge < -0.3 is 0 Å². The van der Waals surface area contributed by atoms with Gasteiger partial charge in [0.05, 0.1) is 17.7 Å². The third-order valence-electron chi connectivity index (χ3n) is 2.06. The van der Waals surface area contributed by atoms with Crippen molar-refractivity contribution in [1.82, 2.24) is 4.31 Å². The number of rotatable bonds is 5. The quantitative estimate of drug-likeness (QED) is 0.743. The fourth-order valence-corrected chi connectivity index (χ4v) is 3.55. The van der Waals surface area contributed by atoms with Crippen molar-refractivity contribution in [1.29, 1.82) is 5.26 Å². The topological polar surface area (TPSA) is 61.2 Å². The first-order valence-corrected chi connectivity index (χ1v) is 7.10. The van der Waals surface area contributed by atoms with E-state index in [1.54, 1.807) is 13.8 Å². The Hall–Kier alpha value is -0.600. The first-order valence-electron chi connectivity index (χ1n) is 5.50. The molecular formula is C11H22N2O2S. The lowest BCUT2D eigenvalue weighted by Gasteiger charge is -2.26. The second-order valence-corrected chi connectivity index (χ2v) is 7.27. The zero-order valence-electron chi connectivity index (χ0n) is 10.8. The van der Waals surface area contributed by atoms with Crippen molar-refractivity contribution in [3.05, 3.63) is 0 Å². The van der Waals surface area contributed by atoms with Crippen LogP contribution in [0.5, 0.6) is 0 Å². The molecule has 0 fully saturated rings. The Bertz CT molecular complexity index is 349. The SMILES string of the molecule is CCN(CC(C)C#N)S(=O)(=O)CC(C)(C)C. The summed E-state index contributed by atoms with van der Waals surface area (Å²) < 4.78 is 25.5. The van der Waals surface area contributed by atoms with Crippen molar-refractivity contribution < 1.29 is 8.42 Å². The molecule has 0 aromatic rings. The molecule has 94 valence electrons. The summed E-state index contributed by atoms with van der Waals surface area (Å²) >= 11 is 0. The van der Waals surface area contributed by atoms with Gasteiger partial charge in [-0.05, 0) is 12.3 Å². The predicted octanol–water partition coefficient (Wildman–Crippen LogP) is 1.84. The van der Waals surface area contributed by atoms with E-state index in [0.29, 0.717) is 6.54 Å². The summed E-state index contributed by atoms with van der Waals surface area (Å²) in [6.07, 6.45) is 0. The largest absolute Gasteiger partial charge is 0.214 e. The summed E-state index contributed by atoms with van der Waals surface area (Å²) in [5, 5.41) is 8.71. The molecule has 0 bridgehead atoms. The molecule has 0 aliphatic carbocycles. The van der Waals surface area contributed by atoms with E-state index in [4.69, 9.17) is 5.26 Å². The molecule has 0 aliphatic rings. The minimum absolute atomic E-state index is 0.117. The second-order valence-electron chi connectivity index (χ2n) is 5.30. The van der Waals surface area contributed by atoms with Crippen molar-refractivity contribution in [2.24, 2.45) is 11.3 Å². The maximum absolute atomic E-state index is 12.0. The van der Waals surface area contributed by atoms with Gasteiger partial charge in [-0.15, -0.1) is 0 Å². The van der Waals surface area contributed by atoms with Crippen LogP contribution in [-0.2, 0) is 10.0 Å². The third kappa shape index (κ3) is 5.47. The summed E-state index contributed by atoms with van der Waals surface area (Å²) in [5.41, 5.74) is -0.262. The molecule has 0 saturated heterocycles. The van der Waals surface area contributed by atoms with E-state index in [-0.39, 0.29) is 23.6 Å². The summed E-state index contributed by atoms with van der Waals surface area (Å²) in [4.78, 5) is 0. The van der Waals surface area contributed by atoms with Crippen LogP contribution in [-0.4, -0.2) is 31.6 Å². The molecule has 4 nitrogen and oxygen atoms in total. The van der Waals surface area contributed by atoms with E-state index >= 15 is 0 Å². The van der Waals surface area contributed by atoms with Crippen LogP contribution >= 0.6 is 0 Å². The van der Waals surface area contributed by atoms with Crippen molar-refractivity contribution >= 4 is 10.0 Å². The van der Waals surface area contributed by atoms with Crippen LogP contribution < -0.4 is 0 Å². The van der Waals surface area contributed by atoms with Gasteiger partial charge in [0.25, 0.3) is 0 Å². The van der Waals surface area contributed by atoms with Crippen molar-refractivity contribution in [2.45, 2.75) is 34.6 Å². The zero-order valence-corrected chi connectivity index (χ0v) is 11.6. The smallest absolute Gasteiger partial charge is 0.212 e. The highest BCUT2D eigenvalue weighted by Crippen LogP contribution is 2.19. The highest BCUT2D eigenvalue weighted by molar-refractivity contribution is 7.89. The molecule has 0 spiro atoms. The highest BCUT2D eigenvalue weighted by atomic mass is 32.2. The van der Waals surface area contributed by atoms with Gasteiger partial charge in [0.1, 0.15) is 0 Å². The number of sulfonamides is 1. The summed E-state index contributed by atoms with van der Waals surface area (Å²) in [6, 6.07) is 2.06. The molecule has 16 heavy (non-hydrogen) atoms. The van der Waals surface area contributed by atoms with Gasteiger partial charge >= 0.3 is 0 Å². The molecular weight excluding hydrogens is 224 g/mol. The van der Waals surface area contributed by atoms with Crippen LogP contribution in [0.25, 0.3) is 0 Å². The Kier molecular flexibility index (Phi) is 5.43. The molecule has 5 heteroatoms. The molecule has 0 rings (SSSR count). The normalized spacial score (nSPS) is 14.8. The van der Waals surface area contributed by atoms with E-state index in [1.165, 1.54) is 4.31 Å². The first kappa shape index (κ1) is 15.4. The number of nitriles is 1. The molecule has 0 amide bonds. The van der Waals surface area contributed by atoms with E-state index < -0.39 is 10.0 Å². The van der Waals surface area contributed by atoms with Gasteiger partial charge in [-0.2, -0.15) is 5.26 Å². The minimum Gasteiger partial charge on any atom is -0.212 e. The minimum atomic E-state index is -3.25. The van der Waals surface area contributed by atoms with E-state index in [1.807, 2.05) is 20.8 Å². The molecule has 1 atom stereocenters. The second kappa shape index (κ2) is 5.65. The molecule has 0 saturated carbocycles. The van der Waals surface area contributed by atoms with Gasteiger partial charge in [-0.25, -0.2) is 12.7 Å². The number of hydrogen-bond acceptors (Lipinski definition) is 3. The molecule has 1 unspecified atom stereocenters. The van der Waals surface area contributed by atoms with Gasteiger partial charge in [0.15, 0.2) is 0 Å². The lowest BCUT2D eigenvalue weighted by molar-refractivity contribution is 0.380. The monoisotopic (exact) mass is 246 g/mol. The fraction of sp³-hybridized carbons (Fsp3) is 0.909. The van der Waals surface area contributed by atoms with E-state index in [0.717, 1.165) is 0 Å². The molecule has 0 aliphatic heterocycles. The first-order chi connectivity index (χ1) is 7.12. The Labute approximate surface area is 99.3 Å².